The first-order chi connectivity index (χ1) is 9.58. The smallest absolute Gasteiger partial charge is 0.134 e. The van der Waals surface area contributed by atoms with E-state index in [0.717, 1.165) is 28.1 Å². The molecule has 0 saturated heterocycles. The molecular formula is C14H15ClN4O. The minimum atomic E-state index is -0.257. The molecule has 1 unspecified atom stereocenters. The summed E-state index contributed by atoms with van der Waals surface area (Å²) in [6.45, 7) is 1.94. The number of hydrogen-bond acceptors (Lipinski definition) is 4. The summed E-state index contributed by atoms with van der Waals surface area (Å²) in [5.74, 6) is 6.42. The lowest BCUT2D eigenvalue weighted by molar-refractivity contribution is 0.458. The van der Waals surface area contributed by atoms with E-state index in [1.165, 1.54) is 0 Å². The lowest BCUT2D eigenvalue weighted by Crippen LogP contribution is -2.30. The molecular weight excluding hydrogens is 276 g/mol. The zero-order chi connectivity index (χ0) is 14.3. The molecule has 0 aliphatic carbocycles. The molecule has 0 aliphatic heterocycles. The van der Waals surface area contributed by atoms with Crippen molar-refractivity contribution < 1.29 is 4.42 Å². The van der Waals surface area contributed by atoms with Gasteiger partial charge in [-0.25, -0.2) is 5.43 Å². The average Bonchev–Trinajstić information content (AvgIpc) is 2.94. The fourth-order valence-electron chi connectivity index (χ4n) is 2.39. The first kappa shape index (κ1) is 13.2. The van der Waals surface area contributed by atoms with Crippen LogP contribution in [0, 0.1) is 6.92 Å². The highest BCUT2D eigenvalue weighted by Crippen LogP contribution is 2.29. The Morgan fingerprint density at radius 3 is 2.80 bits per heavy atom. The monoisotopic (exact) mass is 290 g/mol. The molecule has 0 amide bonds. The summed E-state index contributed by atoms with van der Waals surface area (Å²) in [5, 5.41) is 5.96. The molecule has 104 valence electrons. The van der Waals surface area contributed by atoms with Crippen LogP contribution < -0.4 is 11.3 Å². The van der Waals surface area contributed by atoms with Crippen molar-refractivity contribution in [2.75, 3.05) is 0 Å². The Morgan fingerprint density at radius 1 is 1.35 bits per heavy atom. The third-order valence-corrected chi connectivity index (χ3v) is 3.52. The van der Waals surface area contributed by atoms with Crippen molar-refractivity contribution in [1.29, 1.82) is 0 Å². The lowest BCUT2D eigenvalue weighted by Gasteiger charge is -2.13. The Kier molecular flexibility index (Phi) is 3.25. The van der Waals surface area contributed by atoms with E-state index in [0.29, 0.717) is 5.02 Å². The summed E-state index contributed by atoms with van der Waals surface area (Å²) < 4.78 is 7.64. The van der Waals surface area contributed by atoms with Crippen LogP contribution in [0.5, 0.6) is 0 Å². The van der Waals surface area contributed by atoms with E-state index in [1.54, 1.807) is 10.7 Å². The SMILES string of the molecule is Cc1cc(C(NN)c2cc3cc(Cl)ccc3o2)n(C)n1. The molecule has 0 spiro atoms. The van der Waals surface area contributed by atoms with Gasteiger partial charge < -0.3 is 4.42 Å². The number of nitrogens with one attached hydrogen (secondary N) is 1. The molecule has 0 saturated carbocycles. The Bertz CT molecular complexity index is 762. The number of halogens is 1. The third-order valence-electron chi connectivity index (χ3n) is 3.28. The van der Waals surface area contributed by atoms with Gasteiger partial charge in [-0.05, 0) is 37.3 Å². The van der Waals surface area contributed by atoms with Crippen molar-refractivity contribution in [2.24, 2.45) is 12.9 Å². The Labute approximate surface area is 121 Å². The van der Waals surface area contributed by atoms with E-state index >= 15 is 0 Å². The van der Waals surface area contributed by atoms with Gasteiger partial charge in [0.05, 0.1) is 11.4 Å². The van der Waals surface area contributed by atoms with Crippen LogP contribution >= 0.6 is 11.6 Å². The number of nitrogens with two attached hydrogens (primary N) is 1. The molecule has 3 N–H and O–H groups in total. The molecule has 3 rings (SSSR count). The number of rotatable bonds is 3. The van der Waals surface area contributed by atoms with Crippen LogP contribution in [0.2, 0.25) is 5.02 Å². The quantitative estimate of drug-likeness (QED) is 0.575. The van der Waals surface area contributed by atoms with Crippen LogP contribution in [-0.4, -0.2) is 9.78 Å². The van der Waals surface area contributed by atoms with Crippen molar-refractivity contribution in [3.8, 4) is 0 Å². The van der Waals surface area contributed by atoms with Gasteiger partial charge in [-0.15, -0.1) is 0 Å². The molecule has 2 aromatic heterocycles. The van der Waals surface area contributed by atoms with Crippen LogP contribution in [0.3, 0.4) is 0 Å². The van der Waals surface area contributed by atoms with Crippen LogP contribution in [0.1, 0.15) is 23.2 Å². The molecule has 0 fully saturated rings. The standard InChI is InChI=1S/C14H15ClN4O/c1-8-5-11(19(2)18-8)14(17-16)13-7-9-6-10(15)3-4-12(9)20-13/h3-7,14,17H,16H2,1-2H3. The largest absolute Gasteiger partial charge is 0.459 e. The van der Waals surface area contributed by atoms with Crippen LogP contribution in [-0.2, 0) is 7.05 Å². The zero-order valence-electron chi connectivity index (χ0n) is 11.2. The van der Waals surface area contributed by atoms with Crippen LogP contribution in [0.25, 0.3) is 11.0 Å². The molecule has 3 aromatic rings. The van der Waals surface area contributed by atoms with Gasteiger partial charge in [0.1, 0.15) is 17.4 Å². The number of aryl methyl sites for hydroxylation is 2. The van der Waals surface area contributed by atoms with Crippen molar-refractivity contribution in [3.63, 3.8) is 0 Å². The maximum Gasteiger partial charge on any atom is 0.134 e. The van der Waals surface area contributed by atoms with Crippen molar-refractivity contribution in [1.82, 2.24) is 15.2 Å². The minimum absolute atomic E-state index is 0.257. The van der Waals surface area contributed by atoms with Gasteiger partial charge in [0, 0.05) is 17.5 Å². The first-order valence-electron chi connectivity index (χ1n) is 6.24. The number of benzene rings is 1. The second-order valence-corrected chi connectivity index (χ2v) is 5.20. The highest BCUT2D eigenvalue weighted by Gasteiger charge is 2.21. The Morgan fingerprint density at radius 2 is 2.15 bits per heavy atom. The second kappa shape index (κ2) is 4.94. The van der Waals surface area contributed by atoms with Crippen molar-refractivity contribution in [3.05, 3.63) is 52.5 Å². The van der Waals surface area contributed by atoms with Crippen LogP contribution in [0.15, 0.2) is 34.7 Å². The van der Waals surface area contributed by atoms with Gasteiger partial charge in [0.2, 0.25) is 0 Å². The molecule has 0 aliphatic rings. The maximum absolute atomic E-state index is 5.99. The van der Waals surface area contributed by atoms with E-state index < -0.39 is 0 Å². The zero-order valence-corrected chi connectivity index (χ0v) is 12.0. The number of fused-ring (bicyclic) bond motifs is 1. The van der Waals surface area contributed by atoms with Gasteiger partial charge >= 0.3 is 0 Å². The second-order valence-electron chi connectivity index (χ2n) is 4.76. The molecule has 0 bridgehead atoms. The normalized spacial score (nSPS) is 13.0. The maximum atomic E-state index is 5.99. The van der Waals surface area contributed by atoms with Gasteiger partial charge in [0.15, 0.2) is 0 Å². The van der Waals surface area contributed by atoms with Crippen LogP contribution in [0.4, 0.5) is 0 Å². The predicted octanol–water partition coefficient (Wildman–Crippen LogP) is 2.68. The van der Waals surface area contributed by atoms with E-state index in [9.17, 15) is 0 Å². The summed E-state index contributed by atoms with van der Waals surface area (Å²) in [4.78, 5) is 0. The molecule has 20 heavy (non-hydrogen) atoms. The topological polar surface area (TPSA) is 69.0 Å². The van der Waals surface area contributed by atoms with E-state index in [1.807, 2.05) is 38.2 Å². The highest BCUT2D eigenvalue weighted by molar-refractivity contribution is 6.31. The van der Waals surface area contributed by atoms with Gasteiger partial charge in [-0.2, -0.15) is 5.10 Å². The lowest BCUT2D eigenvalue weighted by atomic mass is 10.1. The van der Waals surface area contributed by atoms with E-state index in [4.69, 9.17) is 21.9 Å². The molecule has 5 nitrogen and oxygen atoms in total. The highest BCUT2D eigenvalue weighted by atomic mass is 35.5. The summed E-state index contributed by atoms with van der Waals surface area (Å²) in [6, 6.07) is 9.18. The van der Waals surface area contributed by atoms with Crippen molar-refractivity contribution in [2.45, 2.75) is 13.0 Å². The predicted molar refractivity (Wildman–Crippen MR) is 78.3 cm³/mol. The van der Waals surface area contributed by atoms with Crippen molar-refractivity contribution >= 4 is 22.6 Å². The molecule has 6 heteroatoms. The number of aromatic nitrogens is 2. The fraction of sp³-hybridized carbons (Fsp3) is 0.214. The molecule has 1 aromatic carbocycles. The van der Waals surface area contributed by atoms with E-state index in [-0.39, 0.29) is 6.04 Å². The minimum Gasteiger partial charge on any atom is -0.459 e. The van der Waals surface area contributed by atoms with Gasteiger partial charge in [0.25, 0.3) is 0 Å². The number of hydrazine groups is 1. The number of nitrogens with zero attached hydrogens (tertiary/aromatic N) is 2. The average molecular weight is 291 g/mol. The number of furan rings is 1. The summed E-state index contributed by atoms with van der Waals surface area (Å²) in [5.41, 5.74) is 5.43. The van der Waals surface area contributed by atoms with Gasteiger partial charge in [-0.1, -0.05) is 11.6 Å². The van der Waals surface area contributed by atoms with E-state index in [2.05, 4.69) is 10.5 Å². The van der Waals surface area contributed by atoms with Gasteiger partial charge in [-0.3, -0.25) is 10.5 Å². The Hall–Kier alpha value is -1.82. The summed E-state index contributed by atoms with van der Waals surface area (Å²) in [7, 11) is 1.88. The number of hydrogen-bond donors (Lipinski definition) is 2. The summed E-state index contributed by atoms with van der Waals surface area (Å²) in [6.07, 6.45) is 0. The summed E-state index contributed by atoms with van der Waals surface area (Å²) >= 11 is 5.99. The molecule has 1 atom stereocenters. The third kappa shape index (κ3) is 2.20. The Balaban J connectivity index is 2.09. The molecule has 2 heterocycles. The molecule has 0 radical (unpaired) electrons. The first-order valence-corrected chi connectivity index (χ1v) is 6.62. The fourth-order valence-corrected chi connectivity index (χ4v) is 2.57.